The van der Waals surface area contributed by atoms with E-state index in [-0.39, 0.29) is 22.2 Å². The predicted octanol–water partition coefficient (Wildman–Crippen LogP) is 4.16. The summed E-state index contributed by atoms with van der Waals surface area (Å²) < 4.78 is 13.8. The Labute approximate surface area is 157 Å². The summed E-state index contributed by atoms with van der Waals surface area (Å²) in [6.07, 6.45) is 0. The van der Waals surface area contributed by atoms with Gasteiger partial charge in [-0.05, 0) is 36.5 Å². The molecule has 3 aromatic rings. The number of anilines is 2. The summed E-state index contributed by atoms with van der Waals surface area (Å²) in [5, 5.41) is 26.6. The summed E-state index contributed by atoms with van der Waals surface area (Å²) in [7, 11) is 0. The van der Waals surface area contributed by atoms with Crippen molar-refractivity contribution in [3.05, 3.63) is 59.2 Å². The van der Waals surface area contributed by atoms with E-state index < -0.39 is 5.97 Å². The summed E-state index contributed by atoms with van der Waals surface area (Å²) in [4.78, 5) is 15.2. The SMILES string of the molecule is O=C(O)c1ccc(NC(=S)Nc2nc(-c3ccccc3F)cs2)cc1O. The lowest BCUT2D eigenvalue weighted by Gasteiger charge is -2.09. The molecular formula is C17H12FN3O3S2. The fourth-order valence-corrected chi connectivity index (χ4v) is 3.17. The topological polar surface area (TPSA) is 94.5 Å². The summed E-state index contributed by atoms with van der Waals surface area (Å²) >= 11 is 6.43. The predicted molar refractivity (Wildman–Crippen MR) is 102 cm³/mol. The van der Waals surface area contributed by atoms with Gasteiger partial charge in [-0.15, -0.1) is 11.3 Å². The molecule has 0 aliphatic carbocycles. The van der Waals surface area contributed by atoms with Crippen molar-refractivity contribution < 1.29 is 19.4 Å². The van der Waals surface area contributed by atoms with Crippen LogP contribution in [0.3, 0.4) is 0 Å². The molecule has 0 amide bonds. The minimum absolute atomic E-state index is 0.196. The molecule has 26 heavy (non-hydrogen) atoms. The maximum Gasteiger partial charge on any atom is 0.339 e. The van der Waals surface area contributed by atoms with Gasteiger partial charge in [0.15, 0.2) is 10.2 Å². The number of aromatic nitrogens is 1. The van der Waals surface area contributed by atoms with Crippen molar-refractivity contribution in [2.24, 2.45) is 0 Å². The van der Waals surface area contributed by atoms with Gasteiger partial charge in [-0.3, -0.25) is 0 Å². The zero-order chi connectivity index (χ0) is 18.7. The molecule has 1 aromatic heterocycles. The van der Waals surface area contributed by atoms with Crippen LogP contribution < -0.4 is 10.6 Å². The molecule has 0 fully saturated rings. The number of nitrogens with one attached hydrogen (secondary N) is 2. The Hall–Kier alpha value is -3.04. The number of carboxylic acid groups (broad SMARTS) is 1. The molecule has 0 bridgehead atoms. The zero-order valence-electron chi connectivity index (χ0n) is 13.1. The van der Waals surface area contributed by atoms with Crippen LogP contribution in [0, 0.1) is 5.82 Å². The monoisotopic (exact) mass is 389 g/mol. The average molecular weight is 389 g/mol. The molecule has 6 nitrogen and oxygen atoms in total. The maximum atomic E-state index is 13.8. The third-order valence-corrected chi connectivity index (χ3v) is 4.32. The largest absolute Gasteiger partial charge is 0.507 e. The van der Waals surface area contributed by atoms with E-state index in [1.807, 2.05) is 0 Å². The fourth-order valence-electron chi connectivity index (χ4n) is 2.17. The Morgan fingerprint density at radius 3 is 2.65 bits per heavy atom. The molecular weight excluding hydrogens is 377 g/mol. The highest BCUT2D eigenvalue weighted by Gasteiger charge is 2.12. The smallest absolute Gasteiger partial charge is 0.339 e. The quantitative estimate of drug-likeness (QED) is 0.498. The number of carbonyl (C=O) groups is 1. The van der Waals surface area contributed by atoms with Crippen molar-refractivity contribution in [3.63, 3.8) is 0 Å². The fraction of sp³-hybridized carbons (Fsp3) is 0. The number of hydrogen-bond donors (Lipinski definition) is 4. The van der Waals surface area contributed by atoms with Crippen LogP contribution in [0.25, 0.3) is 11.3 Å². The lowest BCUT2D eigenvalue weighted by molar-refractivity contribution is 0.0694. The van der Waals surface area contributed by atoms with Gasteiger partial charge in [-0.1, -0.05) is 12.1 Å². The number of hydrogen-bond acceptors (Lipinski definition) is 5. The highest BCUT2D eigenvalue weighted by Crippen LogP contribution is 2.27. The van der Waals surface area contributed by atoms with Crippen LogP contribution in [0.2, 0.25) is 0 Å². The number of thiocarbonyl (C=S) groups is 1. The lowest BCUT2D eigenvalue weighted by atomic mass is 10.2. The maximum absolute atomic E-state index is 13.8. The number of aromatic carboxylic acids is 1. The van der Waals surface area contributed by atoms with E-state index in [1.165, 1.54) is 35.6 Å². The second kappa shape index (κ2) is 7.46. The van der Waals surface area contributed by atoms with E-state index >= 15 is 0 Å². The third-order valence-electron chi connectivity index (χ3n) is 3.36. The summed E-state index contributed by atoms with van der Waals surface area (Å²) in [6, 6.07) is 10.3. The first-order chi connectivity index (χ1) is 12.4. The van der Waals surface area contributed by atoms with Gasteiger partial charge in [0.1, 0.15) is 17.1 Å². The van der Waals surface area contributed by atoms with Crippen molar-refractivity contribution in [2.45, 2.75) is 0 Å². The van der Waals surface area contributed by atoms with Crippen molar-refractivity contribution in [3.8, 4) is 17.0 Å². The van der Waals surface area contributed by atoms with E-state index in [9.17, 15) is 14.3 Å². The number of aromatic hydroxyl groups is 1. The third kappa shape index (κ3) is 3.95. The highest BCUT2D eigenvalue weighted by molar-refractivity contribution is 7.80. The number of carboxylic acids is 1. The molecule has 0 saturated carbocycles. The van der Waals surface area contributed by atoms with Crippen LogP contribution in [-0.2, 0) is 0 Å². The van der Waals surface area contributed by atoms with Crippen LogP contribution in [0.5, 0.6) is 5.75 Å². The van der Waals surface area contributed by atoms with E-state index in [2.05, 4.69) is 15.6 Å². The van der Waals surface area contributed by atoms with Gasteiger partial charge in [-0.25, -0.2) is 14.2 Å². The van der Waals surface area contributed by atoms with Gasteiger partial charge in [0.05, 0.1) is 5.69 Å². The second-order valence-electron chi connectivity index (χ2n) is 5.13. The molecule has 0 atom stereocenters. The Bertz CT molecular complexity index is 991. The van der Waals surface area contributed by atoms with Gasteiger partial charge in [0.2, 0.25) is 0 Å². The van der Waals surface area contributed by atoms with E-state index in [0.717, 1.165) is 0 Å². The molecule has 0 saturated heterocycles. The molecule has 0 unspecified atom stereocenters. The molecule has 132 valence electrons. The molecule has 9 heteroatoms. The average Bonchev–Trinajstić information content (AvgIpc) is 3.03. The van der Waals surface area contributed by atoms with Gasteiger partial charge in [0.25, 0.3) is 0 Å². The Morgan fingerprint density at radius 1 is 1.19 bits per heavy atom. The lowest BCUT2D eigenvalue weighted by Crippen LogP contribution is -2.19. The van der Waals surface area contributed by atoms with Gasteiger partial charge in [-0.2, -0.15) is 0 Å². The van der Waals surface area contributed by atoms with Gasteiger partial charge < -0.3 is 20.8 Å². The molecule has 0 spiro atoms. The van der Waals surface area contributed by atoms with Crippen molar-refractivity contribution >= 4 is 45.5 Å². The Kier molecular flexibility index (Phi) is 5.10. The van der Waals surface area contributed by atoms with Crippen molar-refractivity contribution in [2.75, 3.05) is 10.6 Å². The molecule has 2 aromatic carbocycles. The first-order valence-corrected chi connectivity index (χ1v) is 8.57. The number of benzene rings is 2. The number of nitrogens with zero attached hydrogens (tertiary/aromatic N) is 1. The number of phenols is 1. The zero-order valence-corrected chi connectivity index (χ0v) is 14.7. The summed E-state index contributed by atoms with van der Waals surface area (Å²) in [5.74, 6) is -1.96. The van der Waals surface area contributed by atoms with Crippen molar-refractivity contribution in [1.29, 1.82) is 0 Å². The van der Waals surface area contributed by atoms with Crippen LogP contribution >= 0.6 is 23.6 Å². The van der Waals surface area contributed by atoms with E-state index in [4.69, 9.17) is 17.3 Å². The molecule has 0 aliphatic heterocycles. The number of halogens is 1. The van der Waals surface area contributed by atoms with Crippen molar-refractivity contribution in [1.82, 2.24) is 4.98 Å². The standard InChI is InChI=1S/C17H12FN3O3S2/c18-12-4-2-1-3-10(12)13-8-26-17(20-13)21-16(25)19-9-5-6-11(15(23)24)14(22)7-9/h1-8,22H,(H,23,24)(H2,19,20,21,25). The molecule has 0 radical (unpaired) electrons. The van der Waals surface area contributed by atoms with Crippen LogP contribution in [0.1, 0.15) is 10.4 Å². The minimum atomic E-state index is -1.22. The van der Waals surface area contributed by atoms with Gasteiger partial charge in [0, 0.05) is 22.7 Å². The first kappa shape index (κ1) is 17.8. The second-order valence-corrected chi connectivity index (χ2v) is 6.40. The van der Waals surface area contributed by atoms with E-state index in [1.54, 1.807) is 23.6 Å². The van der Waals surface area contributed by atoms with Gasteiger partial charge >= 0.3 is 5.97 Å². The number of rotatable bonds is 4. The van der Waals surface area contributed by atoms with E-state index in [0.29, 0.717) is 22.1 Å². The summed E-state index contributed by atoms with van der Waals surface area (Å²) in [5.41, 5.74) is 1.09. The summed E-state index contributed by atoms with van der Waals surface area (Å²) in [6.45, 7) is 0. The Morgan fingerprint density at radius 2 is 1.96 bits per heavy atom. The molecule has 0 aliphatic rings. The first-order valence-electron chi connectivity index (χ1n) is 7.29. The number of thiazole rings is 1. The molecule has 1 heterocycles. The van der Waals surface area contributed by atoms with Crippen LogP contribution in [-0.4, -0.2) is 26.3 Å². The molecule has 4 N–H and O–H groups in total. The van der Waals surface area contributed by atoms with Crippen LogP contribution in [0.4, 0.5) is 15.2 Å². The minimum Gasteiger partial charge on any atom is -0.507 e. The highest BCUT2D eigenvalue weighted by atomic mass is 32.1. The normalized spacial score (nSPS) is 10.3. The van der Waals surface area contributed by atoms with Crippen LogP contribution in [0.15, 0.2) is 47.8 Å². The Balaban J connectivity index is 1.69. The molecule has 3 rings (SSSR count).